The van der Waals surface area contributed by atoms with Gasteiger partial charge in [0.25, 0.3) is 0 Å². The van der Waals surface area contributed by atoms with Crippen LogP contribution in [-0.2, 0) is 9.53 Å². The molecule has 1 N–H and O–H groups in total. The molecule has 1 fully saturated rings. The Kier molecular flexibility index (Phi) is 5.33. The fourth-order valence-electron chi connectivity index (χ4n) is 2.79. The van der Waals surface area contributed by atoms with Gasteiger partial charge >= 0.3 is 23.8 Å². The summed E-state index contributed by atoms with van der Waals surface area (Å²) in [6.45, 7) is -0.0213. The van der Waals surface area contributed by atoms with Crippen LogP contribution in [0, 0.1) is 22.0 Å². The third kappa shape index (κ3) is 3.68. The van der Waals surface area contributed by atoms with E-state index in [2.05, 4.69) is 4.98 Å². The molecule has 0 bridgehead atoms. The Hall–Kier alpha value is -2.92. The Morgan fingerprint density at radius 2 is 2.12 bits per heavy atom. The van der Waals surface area contributed by atoms with E-state index in [0.29, 0.717) is 0 Å². The summed E-state index contributed by atoms with van der Waals surface area (Å²) in [6.07, 6.45) is -3.78. The zero-order chi connectivity index (χ0) is 19.6. The average molecular weight is 377 g/mol. The van der Waals surface area contributed by atoms with E-state index in [-0.39, 0.29) is 6.61 Å². The number of aromatic nitrogens is 1. The summed E-state index contributed by atoms with van der Waals surface area (Å²) in [5, 5.41) is 20.4. The first-order valence-electron chi connectivity index (χ1n) is 7.42. The van der Waals surface area contributed by atoms with Crippen molar-refractivity contribution in [2.75, 3.05) is 24.6 Å². The molecule has 0 amide bonds. The van der Waals surface area contributed by atoms with Gasteiger partial charge in [0, 0.05) is 19.3 Å². The van der Waals surface area contributed by atoms with Crippen LogP contribution in [0.4, 0.5) is 24.7 Å². The summed E-state index contributed by atoms with van der Waals surface area (Å²) >= 11 is 0. The lowest BCUT2D eigenvalue weighted by Crippen LogP contribution is -2.33. The molecule has 0 aromatic carbocycles. The zero-order valence-corrected chi connectivity index (χ0v) is 13.4. The number of pyridine rings is 1. The summed E-state index contributed by atoms with van der Waals surface area (Å²) in [5.74, 6) is -7.21. The SMILES string of the molecule is CCOC(=O)c1ccnc(N2C[C@@H](C(F)(F)F)[C@H](C(=O)O)C2)c1[N+](=O)[O-]. The molecule has 0 unspecified atom stereocenters. The van der Waals surface area contributed by atoms with Gasteiger partial charge in [0.15, 0.2) is 0 Å². The smallest absolute Gasteiger partial charge is 0.394 e. The summed E-state index contributed by atoms with van der Waals surface area (Å²) in [5.41, 5.74) is -1.29. The first-order chi connectivity index (χ1) is 12.1. The number of carbonyl (C=O) groups excluding carboxylic acids is 1. The number of hydrogen-bond donors (Lipinski definition) is 1. The molecule has 1 aromatic heterocycles. The van der Waals surface area contributed by atoms with Gasteiger partial charge in [0.1, 0.15) is 5.56 Å². The summed E-state index contributed by atoms with van der Waals surface area (Å²) in [7, 11) is 0. The second-order valence-corrected chi connectivity index (χ2v) is 5.51. The van der Waals surface area contributed by atoms with Crippen LogP contribution in [-0.4, -0.2) is 52.8 Å². The lowest BCUT2D eigenvalue weighted by Gasteiger charge is -2.19. The molecule has 1 aliphatic heterocycles. The van der Waals surface area contributed by atoms with Gasteiger partial charge in [0.05, 0.1) is 23.4 Å². The van der Waals surface area contributed by atoms with E-state index in [1.807, 2.05) is 0 Å². The second-order valence-electron chi connectivity index (χ2n) is 5.51. The Morgan fingerprint density at radius 3 is 2.58 bits per heavy atom. The number of hydrogen-bond acceptors (Lipinski definition) is 7. The van der Waals surface area contributed by atoms with Gasteiger partial charge in [-0.25, -0.2) is 9.78 Å². The first kappa shape index (κ1) is 19.4. The predicted molar refractivity (Wildman–Crippen MR) is 79.7 cm³/mol. The highest BCUT2D eigenvalue weighted by Crippen LogP contribution is 2.41. The molecule has 2 rings (SSSR count). The van der Waals surface area contributed by atoms with Crippen molar-refractivity contribution in [3.63, 3.8) is 0 Å². The number of nitro groups is 1. The zero-order valence-electron chi connectivity index (χ0n) is 13.4. The predicted octanol–water partition coefficient (Wildman–Crippen LogP) is 1.87. The van der Waals surface area contributed by atoms with Crippen LogP contribution in [0.2, 0.25) is 0 Å². The van der Waals surface area contributed by atoms with Gasteiger partial charge in [-0.2, -0.15) is 13.2 Å². The molecule has 12 heteroatoms. The van der Waals surface area contributed by atoms with Gasteiger partial charge in [0.2, 0.25) is 5.82 Å². The highest BCUT2D eigenvalue weighted by Gasteiger charge is 2.53. The number of aliphatic carboxylic acids is 1. The Morgan fingerprint density at radius 1 is 1.46 bits per heavy atom. The quantitative estimate of drug-likeness (QED) is 0.469. The van der Waals surface area contributed by atoms with Crippen LogP contribution >= 0.6 is 0 Å². The van der Waals surface area contributed by atoms with Crippen LogP contribution in [0.15, 0.2) is 12.3 Å². The minimum absolute atomic E-state index is 0.0609. The normalized spacial score (nSPS) is 20.1. The van der Waals surface area contributed by atoms with E-state index in [1.165, 1.54) is 6.92 Å². The number of alkyl halides is 3. The number of ether oxygens (including phenoxy) is 1. The second kappa shape index (κ2) is 7.14. The molecule has 26 heavy (non-hydrogen) atoms. The van der Waals surface area contributed by atoms with Crippen molar-refractivity contribution >= 4 is 23.4 Å². The fraction of sp³-hybridized carbons (Fsp3) is 0.500. The van der Waals surface area contributed by atoms with E-state index in [0.717, 1.165) is 17.2 Å². The number of esters is 1. The Balaban J connectivity index is 2.49. The van der Waals surface area contributed by atoms with E-state index in [1.54, 1.807) is 0 Å². The third-order valence-electron chi connectivity index (χ3n) is 3.94. The van der Waals surface area contributed by atoms with Crippen LogP contribution in [0.1, 0.15) is 17.3 Å². The summed E-state index contributed by atoms with van der Waals surface area (Å²) in [4.78, 5) is 38.1. The van der Waals surface area contributed by atoms with Crippen LogP contribution in [0.25, 0.3) is 0 Å². The number of rotatable bonds is 5. The number of anilines is 1. The number of carbonyl (C=O) groups is 2. The van der Waals surface area contributed by atoms with E-state index < -0.39 is 65.0 Å². The maximum atomic E-state index is 13.1. The standard InChI is InChI=1S/C14H14F3N3O6/c1-2-26-13(23)7-3-4-18-11(10(7)20(24)25)19-5-8(12(21)22)9(6-19)14(15,16)17/h3-4,8-9H,2,5-6H2,1H3,(H,21,22)/t8-,9-/m1/s1. The number of halogens is 3. The van der Waals surface area contributed by atoms with Crippen molar-refractivity contribution < 1.29 is 37.5 Å². The van der Waals surface area contributed by atoms with Crippen molar-refractivity contribution in [1.29, 1.82) is 0 Å². The highest BCUT2D eigenvalue weighted by atomic mass is 19.4. The molecule has 1 saturated heterocycles. The molecule has 1 aromatic rings. The minimum atomic E-state index is -4.80. The van der Waals surface area contributed by atoms with Crippen molar-refractivity contribution in [1.82, 2.24) is 4.98 Å². The van der Waals surface area contributed by atoms with Crippen molar-refractivity contribution in [2.45, 2.75) is 13.1 Å². The first-order valence-corrected chi connectivity index (χ1v) is 7.42. The summed E-state index contributed by atoms with van der Waals surface area (Å²) in [6, 6.07) is 1.02. The van der Waals surface area contributed by atoms with Crippen molar-refractivity contribution in [2.24, 2.45) is 11.8 Å². The molecular weight excluding hydrogens is 363 g/mol. The van der Waals surface area contributed by atoms with E-state index in [9.17, 15) is 32.9 Å². The van der Waals surface area contributed by atoms with Gasteiger partial charge in [-0.1, -0.05) is 0 Å². The molecule has 0 radical (unpaired) electrons. The van der Waals surface area contributed by atoms with Gasteiger partial charge in [-0.15, -0.1) is 0 Å². The average Bonchev–Trinajstić information content (AvgIpc) is 3.00. The molecule has 2 atom stereocenters. The molecule has 0 aliphatic carbocycles. The molecule has 9 nitrogen and oxygen atoms in total. The van der Waals surface area contributed by atoms with E-state index >= 15 is 0 Å². The number of carboxylic acid groups (broad SMARTS) is 1. The maximum Gasteiger partial charge on any atom is 0.394 e. The van der Waals surface area contributed by atoms with Gasteiger partial charge in [-0.05, 0) is 13.0 Å². The lowest BCUT2D eigenvalue weighted by atomic mass is 9.96. The highest BCUT2D eigenvalue weighted by molar-refractivity contribution is 5.96. The van der Waals surface area contributed by atoms with Crippen LogP contribution in [0.3, 0.4) is 0 Å². The van der Waals surface area contributed by atoms with Crippen molar-refractivity contribution in [3.05, 3.63) is 27.9 Å². The Bertz CT molecular complexity index is 739. The van der Waals surface area contributed by atoms with Crippen LogP contribution in [0.5, 0.6) is 0 Å². The molecule has 1 aliphatic rings. The minimum Gasteiger partial charge on any atom is -0.481 e. The Labute approximate surface area is 144 Å². The molecule has 0 saturated carbocycles. The van der Waals surface area contributed by atoms with Crippen molar-refractivity contribution in [3.8, 4) is 0 Å². The monoisotopic (exact) mass is 377 g/mol. The van der Waals surface area contributed by atoms with Gasteiger partial charge < -0.3 is 14.7 Å². The van der Waals surface area contributed by atoms with E-state index in [4.69, 9.17) is 9.84 Å². The van der Waals surface area contributed by atoms with Gasteiger partial charge in [-0.3, -0.25) is 14.9 Å². The number of nitrogens with zero attached hydrogens (tertiary/aromatic N) is 3. The maximum absolute atomic E-state index is 13.1. The lowest BCUT2D eigenvalue weighted by molar-refractivity contribution is -0.384. The molecule has 0 spiro atoms. The number of carboxylic acids is 1. The molecular formula is C14H14F3N3O6. The van der Waals surface area contributed by atoms with Crippen LogP contribution < -0.4 is 4.90 Å². The third-order valence-corrected chi connectivity index (χ3v) is 3.94. The molecule has 2 heterocycles. The topological polar surface area (TPSA) is 123 Å². The fourth-order valence-corrected chi connectivity index (χ4v) is 2.79. The largest absolute Gasteiger partial charge is 0.481 e. The summed E-state index contributed by atoms with van der Waals surface area (Å²) < 4.78 is 44.0. The molecule has 142 valence electrons.